The highest BCUT2D eigenvalue weighted by Gasteiger charge is 2.35. The molecule has 2 fully saturated rings. The molecule has 4 aromatic carbocycles. The number of carbonyl (C=O) groups is 2. The van der Waals surface area contributed by atoms with Gasteiger partial charge in [-0.3, -0.25) is 4.40 Å². The van der Waals surface area contributed by atoms with Crippen molar-refractivity contribution >= 4 is 34.6 Å². The molecule has 66 heavy (non-hydrogen) atoms. The van der Waals surface area contributed by atoms with Crippen LogP contribution in [0.25, 0.3) is 5.52 Å². The van der Waals surface area contributed by atoms with Crippen molar-refractivity contribution in [2.24, 2.45) is 40.5 Å². The minimum Gasteiger partial charge on any atom is -0.458 e. The van der Waals surface area contributed by atoms with Gasteiger partial charge in [0.1, 0.15) is 12.2 Å². The highest BCUT2D eigenvalue weighted by atomic mass is 16.5. The second-order valence-electron chi connectivity index (χ2n) is 19.0. The van der Waals surface area contributed by atoms with Crippen LogP contribution in [0.4, 0.5) is 17.2 Å². The fourth-order valence-corrected chi connectivity index (χ4v) is 9.35. The van der Waals surface area contributed by atoms with Gasteiger partial charge >= 0.3 is 11.9 Å². The summed E-state index contributed by atoms with van der Waals surface area (Å²) in [6, 6.07) is 36.3. The summed E-state index contributed by atoms with van der Waals surface area (Å²) < 4.78 is 14.1. The molecule has 2 saturated carbocycles. The van der Waals surface area contributed by atoms with Crippen LogP contribution >= 0.6 is 0 Å². The fraction of sp³-hybridized carbons (Fsp3) is 0.345. The molecule has 0 amide bonds. The maximum atomic E-state index is 13.1. The zero-order valence-corrected chi connectivity index (χ0v) is 39.0. The van der Waals surface area contributed by atoms with Gasteiger partial charge in [-0.05, 0) is 170 Å². The summed E-state index contributed by atoms with van der Waals surface area (Å²) >= 11 is 0. The lowest BCUT2D eigenvalue weighted by molar-refractivity contribution is -0.0181. The lowest BCUT2D eigenvalue weighted by Gasteiger charge is -2.36. The first kappa shape index (κ1) is 45.7. The molecule has 0 saturated heterocycles. The standard InChI is InChI=1S/C58H60N4O4/c1-38(2)51-32-10-40(5)35-53(51)65-57(63)46-24-16-42(17-25-46)12-14-44-20-28-48(29-21-44)60-55-56(62-34-8-7-9-50(62)37-59-55)61-49-30-22-45(23-31-49)15-13-43-18-26-47(27-19-43)58(64)66-54-36-41(6)11-33-52(54)39(3)4/h7-9,16-31,34,37-41,51-54H,10-11,32-33,35-36H2,1-6H3,(H,59,60). The van der Waals surface area contributed by atoms with E-state index in [9.17, 15) is 9.59 Å². The number of hydrogen-bond donors (Lipinski definition) is 1. The summed E-state index contributed by atoms with van der Waals surface area (Å²) in [5.74, 6) is 15.9. The van der Waals surface area contributed by atoms with E-state index in [-0.39, 0.29) is 24.1 Å². The molecule has 2 aliphatic carbocycles. The summed E-state index contributed by atoms with van der Waals surface area (Å²) in [7, 11) is 0. The van der Waals surface area contributed by atoms with Gasteiger partial charge in [-0.15, -0.1) is 0 Å². The quantitative estimate of drug-likeness (QED) is 0.115. The van der Waals surface area contributed by atoms with E-state index >= 15 is 0 Å². The van der Waals surface area contributed by atoms with Crippen LogP contribution in [0.15, 0.2) is 133 Å². The highest BCUT2D eigenvalue weighted by molar-refractivity contribution is 5.90. The molecular weight excluding hydrogens is 817 g/mol. The molecule has 0 aliphatic heterocycles. The van der Waals surface area contributed by atoms with Gasteiger partial charge < -0.3 is 14.8 Å². The van der Waals surface area contributed by atoms with Crippen molar-refractivity contribution in [3.63, 3.8) is 0 Å². The van der Waals surface area contributed by atoms with Crippen LogP contribution in [0, 0.1) is 59.2 Å². The average Bonchev–Trinajstić information content (AvgIpc) is 3.32. The van der Waals surface area contributed by atoms with Crippen molar-refractivity contribution < 1.29 is 19.1 Å². The molecular formula is C58H60N4O4. The monoisotopic (exact) mass is 876 g/mol. The lowest BCUT2D eigenvalue weighted by atomic mass is 9.75. The van der Waals surface area contributed by atoms with Gasteiger partial charge in [-0.1, -0.05) is 84.1 Å². The minimum atomic E-state index is -0.264. The average molecular weight is 877 g/mol. The lowest BCUT2D eigenvalue weighted by Crippen LogP contribution is -2.35. The molecule has 2 heterocycles. The van der Waals surface area contributed by atoms with E-state index in [0.717, 1.165) is 64.8 Å². The van der Waals surface area contributed by atoms with Crippen LogP contribution < -0.4 is 10.8 Å². The predicted octanol–water partition coefficient (Wildman–Crippen LogP) is 12.3. The summed E-state index contributed by atoms with van der Waals surface area (Å²) in [5.41, 5.74) is 7.56. The number of anilines is 2. The molecule has 6 unspecified atom stereocenters. The normalized spacial score (nSPS) is 20.8. The number of ether oxygens (including phenoxy) is 2. The Balaban J connectivity index is 0.913. The van der Waals surface area contributed by atoms with E-state index in [4.69, 9.17) is 19.5 Å². The number of nitrogens with zero attached hydrogens (tertiary/aromatic N) is 3. The van der Waals surface area contributed by atoms with Gasteiger partial charge in [-0.25, -0.2) is 19.6 Å². The summed E-state index contributed by atoms with van der Waals surface area (Å²) in [5, 5.41) is 3.46. The van der Waals surface area contributed by atoms with E-state index in [1.54, 1.807) is 24.3 Å². The van der Waals surface area contributed by atoms with Gasteiger partial charge in [0, 0.05) is 34.1 Å². The summed E-state index contributed by atoms with van der Waals surface area (Å²) in [6.07, 6.45) is 10.1. The van der Waals surface area contributed by atoms with E-state index in [1.807, 2.05) is 108 Å². The molecule has 8 heteroatoms. The Labute approximate surface area is 389 Å². The second-order valence-corrected chi connectivity index (χ2v) is 19.0. The Kier molecular flexibility index (Phi) is 14.5. The number of carbonyl (C=O) groups excluding carboxylic acids is 2. The minimum absolute atomic E-state index is 0.0361. The SMILES string of the molecule is CC1CCC(C(C)C)C(OC(=O)c2ccc(C#Cc3ccc(N=c4c(Nc5ccc(C#Cc6ccc(C(=O)OC7CC(C)CCC7C(C)C)cc6)cc5)ncc5ccccn45)cc3)cc2)C1. The molecule has 8 nitrogen and oxygen atoms in total. The number of nitrogens with one attached hydrogen (secondary N) is 1. The number of pyridine rings is 1. The molecule has 6 atom stereocenters. The third-order valence-electron chi connectivity index (χ3n) is 13.3. The van der Waals surface area contributed by atoms with Gasteiger partial charge in [-0.2, -0.15) is 0 Å². The molecule has 0 radical (unpaired) electrons. The third kappa shape index (κ3) is 11.5. The fourth-order valence-electron chi connectivity index (χ4n) is 9.35. The number of hydrogen-bond acceptors (Lipinski definition) is 7. The van der Waals surface area contributed by atoms with Gasteiger partial charge in [0.15, 0.2) is 11.3 Å². The van der Waals surface area contributed by atoms with Crippen LogP contribution in [0.2, 0.25) is 0 Å². The molecule has 336 valence electrons. The number of aromatic nitrogens is 2. The van der Waals surface area contributed by atoms with Gasteiger partial charge in [0.2, 0.25) is 0 Å². The zero-order valence-electron chi connectivity index (χ0n) is 39.0. The molecule has 2 aromatic heterocycles. The van der Waals surface area contributed by atoms with E-state index in [1.165, 1.54) is 12.8 Å². The highest BCUT2D eigenvalue weighted by Crippen LogP contribution is 2.37. The first-order valence-electron chi connectivity index (χ1n) is 23.6. The first-order valence-corrected chi connectivity index (χ1v) is 23.6. The molecule has 8 rings (SSSR count). The van der Waals surface area contributed by atoms with Crippen molar-refractivity contribution in [2.75, 3.05) is 5.32 Å². The van der Waals surface area contributed by atoms with Crippen molar-refractivity contribution in [1.82, 2.24) is 9.38 Å². The largest absolute Gasteiger partial charge is 0.458 e. The maximum absolute atomic E-state index is 13.1. The van der Waals surface area contributed by atoms with Crippen LogP contribution in [0.5, 0.6) is 0 Å². The smallest absolute Gasteiger partial charge is 0.338 e. The predicted molar refractivity (Wildman–Crippen MR) is 263 cm³/mol. The Morgan fingerprint density at radius 1 is 0.621 bits per heavy atom. The number of esters is 2. The zero-order chi connectivity index (χ0) is 46.2. The molecule has 6 aromatic rings. The summed E-state index contributed by atoms with van der Waals surface area (Å²) in [6.45, 7) is 13.4. The molecule has 0 bridgehead atoms. The van der Waals surface area contributed by atoms with Gasteiger partial charge in [0.25, 0.3) is 0 Å². The van der Waals surface area contributed by atoms with Crippen LogP contribution in [-0.2, 0) is 9.47 Å². The summed E-state index contributed by atoms with van der Waals surface area (Å²) in [4.78, 5) is 36.0. The van der Waals surface area contributed by atoms with E-state index < -0.39 is 0 Å². The Morgan fingerprint density at radius 3 is 1.55 bits per heavy atom. The Bertz CT molecular complexity index is 2840. The number of fused-ring (bicyclic) bond motifs is 1. The molecule has 1 N–H and O–H groups in total. The van der Waals surface area contributed by atoms with Gasteiger partial charge in [0.05, 0.1) is 28.5 Å². The molecule has 0 spiro atoms. The topological polar surface area (TPSA) is 94.3 Å². The molecule has 2 aliphatic rings. The van der Waals surface area contributed by atoms with E-state index in [2.05, 4.69) is 70.5 Å². The number of benzene rings is 4. The van der Waals surface area contributed by atoms with Crippen molar-refractivity contribution in [1.29, 1.82) is 0 Å². The second kappa shape index (κ2) is 20.9. The Hall–Kier alpha value is -6.90. The third-order valence-corrected chi connectivity index (χ3v) is 13.3. The van der Waals surface area contributed by atoms with Crippen molar-refractivity contribution in [2.45, 2.75) is 92.3 Å². The first-order chi connectivity index (χ1) is 31.9. The van der Waals surface area contributed by atoms with Crippen LogP contribution in [0.3, 0.4) is 0 Å². The maximum Gasteiger partial charge on any atom is 0.338 e. The van der Waals surface area contributed by atoms with Crippen molar-refractivity contribution in [3.8, 4) is 23.7 Å². The van der Waals surface area contributed by atoms with Crippen LogP contribution in [0.1, 0.15) is 123 Å². The number of rotatable bonds is 9. The van der Waals surface area contributed by atoms with Crippen LogP contribution in [-0.4, -0.2) is 33.5 Å². The Morgan fingerprint density at radius 2 is 1.08 bits per heavy atom. The van der Waals surface area contributed by atoms with E-state index in [0.29, 0.717) is 57.9 Å². The van der Waals surface area contributed by atoms with Crippen molar-refractivity contribution in [3.05, 3.63) is 167 Å².